The van der Waals surface area contributed by atoms with E-state index in [1.165, 1.54) is 32.4 Å². The first kappa shape index (κ1) is 8.79. The fourth-order valence-corrected chi connectivity index (χ4v) is 1.79. The molecule has 0 saturated carbocycles. The molecule has 0 fully saturated rings. The number of likely N-dealkylation sites (N-methyl/N-ethyl adjacent to an activating group) is 1. The minimum atomic E-state index is 0.735. The first-order valence-electron chi connectivity index (χ1n) is 4.79. The summed E-state index contributed by atoms with van der Waals surface area (Å²) in [5.41, 5.74) is 0. The average Bonchev–Trinajstić information content (AvgIpc) is 2.09. The molecule has 1 atom stereocenters. The third kappa shape index (κ3) is 2.33. The van der Waals surface area contributed by atoms with Crippen LogP contribution in [0.15, 0.2) is 12.2 Å². The van der Waals surface area contributed by atoms with Crippen LogP contribution in [0, 0.1) is 0 Å². The van der Waals surface area contributed by atoms with Crippen LogP contribution in [0.4, 0.5) is 0 Å². The predicted octanol–water partition coefficient (Wildman–Crippen LogP) is 2.44. The van der Waals surface area contributed by atoms with Crippen molar-refractivity contribution in [2.24, 2.45) is 0 Å². The summed E-state index contributed by atoms with van der Waals surface area (Å²) in [5.74, 6) is 0. The Labute approximate surface area is 70.1 Å². The Balaban J connectivity index is 2.42. The van der Waals surface area contributed by atoms with Crippen LogP contribution in [-0.4, -0.2) is 24.0 Å². The number of hydrogen-bond acceptors (Lipinski definition) is 1. The molecule has 0 aromatic rings. The quantitative estimate of drug-likeness (QED) is 0.563. The minimum Gasteiger partial charge on any atom is -0.297 e. The van der Waals surface area contributed by atoms with Gasteiger partial charge in [-0.15, -0.1) is 0 Å². The number of rotatable bonds is 3. The van der Waals surface area contributed by atoms with Crippen LogP contribution in [0.25, 0.3) is 0 Å². The second-order valence-corrected chi connectivity index (χ2v) is 3.15. The van der Waals surface area contributed by atoms with Crippen LogP contribution in [0.3, 0.4) is 0 Å². The molecule has 0 spiro atoms. The molecule has 1 rings (SSSR count). The summed E-state index contributed by atoms with van der Waals surface area (Å²) >= 11 is 0. The molecule has 0 aromatic carbocycles. The summed E-state index contributed by atoms with van der Waals surface area (Å²) in [6.45, 7) is 6.86. The zero-order chi connectivity index (χ0) is 8.10. The molecule has 1 aliphatic rings. The zero-order valence-corrected chi connectivity index (χ0v) is 7.71. The third-order valence-corrected chi connectivity index (χ3v) is 2.51. The van der Waals surface area contributed by atoms with E-state index in [0.717, 1.165) is 6.04 Å². The maximum Gasteiger partial charge on any atom is 0.0278 e. The molecule has 0 N–H and O–H groups in total. The monoisotopic (exact) mass is 153 g/mol. The maximum atomic E-state index is 2.52. The lowest BCUT2D eigenvalue weighted by atomic mass is 10.0. The second-order valence-electron chi connectivity index (χ2n) is 3.15. The van der Waals surface area contributed by atoms with Gasteiger partial charge < -0.3 is 0 Å². The minimum absolute atomic E-state index is 0.735. The molecule has 0 bridgehead atoms. The van der Waals surface area contributed by atoms with Crippen LogP contribution in [0.2, 0.25) is 0 Å². The van der Waals surface area contributed by atoms with E-state index in [1.54, 1.807) is 0 Å². The van der Waals surface area contributed by atoms with Gasteiger partial charge in [0.15, 0.2) is 0 Å². The van der Waals surface area contributed by atoms with E-state index in [-0.39, 0.29) is 0 Å². The number of hydrogen-bond donors (Lipinski definition) is 0. The molecule has 1 aliphatic carbocycles. The molecule has 0 amide bonds. The number of nitrogens with zero attached hydrogens (tertiary/aromatic N) is 1. The Kier molecular flexibility index (Phi) is 3.64. The van der Waals surface area contributed by atoms with Gasteiger partial charge in [-0.25, -0.2) is 0 Å². The molecule has 1 nitrogen and oxygen atoms in total. The van der Waals surface area contributed by atoms with Gasteiger partial charge in [-0.1, -0.05) is 26.0 Å². The molecular weight excluding hydrogens is 134 g/mol. The summed E-state index contributed by atoms with van der Waals surface area (Å²) in [6.07, 6.45) is 8.72. The number of allylic oxidation sites excluding steroid dienone is 1. The van der Waals surface area contributed by atoms with Gasteiger partial charge in [-0.2, -0.15) is 0 Å². The Morgan fingerprint density at radius 1 is 1.36 bits per heavy atom. The Bertz CT molecular complexity index is 125. The van der Waals surface area contributed by atoms with Crippen molar-refractivity contribution in [2.75, 3.05) is 13.1 Å². The fourth-order valence-electron chi connectivity index (χ4n) is 1.79. The lowest BCUT2D eigenvalue weighted by Crippen LogP contribution is -2.34. The summed E-state index contributed by atoms with van der Waals surface area (Å²) < 4.78 is 0. The van der Waals surface area contributed by atoms with Gasteiger partial charge in [0.25, 0.3) is 0 Å². The van der Waals surface area contributed by atoms with Gasteiger partial charge in [-0.05, 0) is 32.4 Å². The van der Waals surface area contributed by atoms with Gasteiger partial charge >= 0.3 is 0 Å². The molecule has 0 aliphatic heterocycles. The summed E-state index contributed by atoms with van der Waals surface area (Å²) in [5, 5.41) is 0. The zero-order valence-electron chi connectivity index (χ0n) is 7.71. The molecule has 0 aromatic heterocycles. The largest absolute Gasteiger partial charge is 0.297 e. The van der Waals surface area contributed by atoms with Crippen LogP contribution in [-0.2, 0) is 0 Å². The van der Waals surface area contributed by atoms with E-state index >= 15 is 0 Å². The highest BCUT2D eigenvalue weighted by atomic mass is 15.1. The maximum absolute atomic E-state index is 2.52. The van der Waals surface area contributed by atoms with Crippen molar-refractivity contribution >= 4 is 0 Å². The smallest absolute Gasteiger partial charge is 0.0278 e. The molecule has 11 heavy (non-hydrogen) atoms. The summed E-state index contributed by atoms with van der Waals surface area (Å²) in [4.78, 5) is 2.52. The Morgan fingerprint density at radius 3 is 2.55 bits per heavy atom. The standard InChI is InChI=1S/C10H19N/c1-3-11(4-2)10-8-6-5-7-9-10/h6,8,10H,3-5,7,9H2,1-2H3/t10-/m0/s1. The highest BCUT2D eigenvalue weighted by molar-refractivity contribution is 4.98. The van der Waals surface area contributed by atoms with E-state index in [4.69, 9.17) is 0 Å². The van der Waals surface area contributed by atoms with Crippen molar-refractivity contribution in [3.05, 3.63) is 12.2 Å². The predicted molar refractivity (Wildman–Crippen MR) is 49.7 cm³/mol. The van der Waals surface area contributed by atoms with E-state index in [2.05, 4.69) is 30.9 Å². The third-order valence-electron chi connectivity index (χ3n) is 2.51. The summed E-state index contributed by atoms with van der Waals surface area (Å²) in [7, 11) is 0. The van der Waals surface area contributed by atoms with Crippen LogP contribution in [0.5, 0.6) is 0 Å². The lowest BCUT2D eigenvalue weighted by Gasteiger charge is -2.28. The molecule has 64 valence electrons. The molecule has 1 heteroatoms. The van der Waals surface area contributed by atoms with E-state index in [1.807, 2.05) is 0 Å². The van der Waals surface area contributed by atoms with Crippen LogP contribution >= 0.6 is 0 Å². The first-order valence-corrected chi connectivity index (χ1v) is 4.79. The Hall–Kier alpha value is -0.300. The average molecular weight is 153 g/mol. The molecule has 0 radical (unpaired) electrons. The van der Waals surface area contributed by atoms with Gasteiger partial charge in [0, 0.05) is 6.04 Å². The van der Waals surface area contributed by atoms with Gasteiger partial charge in [0.2, 0.25) is 0 Å². The van der Waals surface area contributed by atoms with Crippen molar-refractivity contribution in [3.8, 4) is 0 Å². The van der Waals surface area contributed by atoms with E-state index in [9.17, 15) is 0 Å². The molecule has 0 heterocycles. The highest BCUT2D eigenvalue weighted by Crippen LogP contribution is 2.15. The van der Waals surface area contributed by atoms with Gasteiger partial charge in [-0.3, -0.25) is 4.90 Å². The molecule has 0 saturated heterocycles. The highest BCUT2D eigenvalue weighted by Gasteiger charge is 2.13. The van der Waals surface area contributed by atoms with Crippen molar-refractivity contribution < 1.29 is 0 Å². The van der Waals surface area contributed by atoms with E-state index < -0.39 is 0 Å². The van der Waals surface area contributed by atoms with Crippen LogP contribution < -0.4 is 0 Å². The fraction of sp³-hybridized carbons (Fsp3) is 0.800. The Morgan fingerprint density at radius 2 is 2.09 bits per heavy atom. The second kappa shape index (κ2) is 4.55. The molecular formula is C10H19N. The lowest BCUT2D eigenvalue weighted by molar-refractivity contribution is 0.236. The SMILES string of the molecule is CCN(CC)[C@H]1C=CCCC1. The van der Waals surface area contributed by atoms with E-state index in [0.29, 0.717) is 0 Å². The topological polar surface area (TPSA) is 3.24 Å². The molecule has 0 unspecified atom stereocenters. The van der Waals surface area contributed by atoms with Gasteiger partial charge in [0.1, 0.15) is 0 Å². The first-order chi connectivity index (χ1) is 5.38. The van der Waals surface area contributed by atoms with Crippen molar-refractivity contribution in [1.82, 2.24) is 4.90 Å². The van der Waals surface area contributed by atoms with Crippen LogP contribution in [0.1, 0.15) is 33.1 Å². The van der Waals surface area contributed by atoms with Gasteiger partial charge in [0.05, 0.1) is 0 Å². The normalized spacial score (nSPS) is 24.5. The van der Waals surface area contributed by atoms with Crippen molar-refractivity contribution in [2.45, 2.75) is 39.2 Å². The summed E-state index contributed by atoms with van der Waals surface area (Å²) in [6, 6.07) is 0.735. The van der Waals surface area contributed by atoms with Crippen molar-refractivity contribution in [1.29, 1.82) is 0 Å². The van der Waals surface area contributed by atoms with Crippen molar-refractivity contribution in [3.63, 3.8) is 0 Å².